The largest absolute Gasteiger partial charge is 0.454 e. The highest BCUT2D eigenvalue weighted by molar-refractivity contribution is 5.99. The van der Waals surface area contributed by atoms with Gasteiger partial charge in [0.15, 0.2) is 17.2 Å². The Labute approximate surface area is 250 Å². The van der Waals surface area contributed by atoms with Crippen molar-refractivity contribution in [2.75, 3.05) is 32.0 Å². The number of hydrogen-bond donors (Lipinski definition) is 1. The summed E-state index contributed by atoms with van der Waals surface area (Å²) in [7, 11) is 0. The molecule has 0 radical (unpaired) electrons. The van der Waals surface area contributed by atoms with Gasteiger partial charge >= 0.3 is 0 Å². The van der Waals surface area contributed by atoms with Gasteiger partial charge in [-0.3, -0.25) is 4.79 Å². The first kappa shape index (κ1) is 29.1. The number of nitrogen functional groups attached to an aromatic ring is 1. The number of piperidine rings is 1. The van der Waals surface area contributed by atoms with Crippen LogP contribution in [-0.4, -0.2) is 56.9 Å². The van der Waals surface area contributed by atoms with Gasteiger partial charge in [0.05, 0.1) is 11.4 Å². The second-order valence-corrected chi connectivity index (χ2v) is 10.7. The maximum atomic E-state index is 15.5. The average Bonchev–Trinajstić information content (AvgIpc) is 3.43. The first-order chi connectivity index (χ1) is 21.3. The number of benzene rings is 2. The van der Waals surface area contributed by atoms with Crippen LogP contribution in [0.1, 0.15) is 31.7 Å². The fourth-order valence-corrected chi connectivity index (χ4v) is 5.66. The lowest BCUT2D eigenvalue weighted by Crippen LogP contribution is -2.41. The number of carbonyl (C=O) groups is 1. The minimum absolute atomic E-state index is 0.0488. The van der Waals surface area contributed by atoms with E-state index in [1.54, 1.807) is 15.7 Å². The van der Waals surface area contributed by atoms with E-state index >= 15 is 4.39 Å². The molecule has 2 fully saturated rings. The molecule has 0 spiro atoms. The molecule has 0 aliphatic carbocycles. The van der Waals surface area contributed by atoms with Crippen LogP contribution in [0.4, 0.5) is 19.0 Å². The summed E-state index contributed by atoms with van der Waals surface area (Å²) >= 11 is 0. The minimum Gasteiger partial charge on any atom is -0.454 e. The second kappa shape index (κ2) is 12.3. The Morgan fingerprint density at radius 3 is 2.70 bits per heavy atom. The number of hydrogen-bond acceptors (Lipinski definition) is 8. The van der Waals surface area contributed by atoms with Gasteiger partial charge in [-0.2, -0.15) is 14.8 Å². The monoisotopic (exact) mass is 603 g/mol. The van der Waals surface area contributed by atoms with Crippen molar-refractivity contribution in [3.8, 4) is 28.8 Å². The number of ether oxygens (including phenoxy) is 2. The summed E-state index contributed by atoms with van der Waals surface area (Å²) in [5.74, 6) is -3.60. The van der Waals surface area contributed by atoms with Crippen molar-refractivity contribution >= 4 is 22.8 Å². The Kier molecular flexibility index (Phi) is 8.17. The summed E-state index contributed by atoms with van der Waals surface area (Å²) < 4.78 is 55.6. The van der Waals surface area contributed by atoms with Gasteiger partial charge in [-0.15, -0.1) is 0 Å². The summed E-state index contributed by atoms with van der Waals surface area (Å²) in [6.45, 7) is 1.94. The molecule has 2 aliphatic rings. The number of halogens is 3. The topological polar surface area (TPSA) is 132 Å². The van der Waals surface area contributed by atoms with Crippen LogP contribution in [0.2, 0.25) is 0 Å². The minimum atomic E-state index is -1.19. The van der Waals surface area contributed by atoms with Gasteiger partial charge in [0.2, 0.25) is 5.82 Å². The van der Waals surface area contributed by atoms with Crippen LogP contribution >= 0.6 is 0 Å². The van der Waals surface area contributed by atoms with E-state index < -0.39 is 17.5 Å². The number of fused-ring (bicyclic) bond motifs is 1. The quantitative estimate of drug-likeness (QED) is 0.231. The summed E-state index contributed by atoms with van der Waals surface area (Å²) in [5.41, 5.74) is 6.95. The summed E-state index contributed by atoms with van der Waals surface area (Å²) in [5, 5.41) is 14.8. The van der Waals surface area contributed by atoms with E-state index in [9.17, 15) is 18.8 Å². The molecular weight excluding hydrogens is 575 g/mol. The number of rotatable bonds is 6. The van der Waals surface area contributed by atoms with E-state index in [0.29, 0.717) is 43.6 Å². The van der Waals surface area contributed by atoms with Gasteiger partial charge in [0.25, 0.3) is 5.91 Å². The molecule has 44 heavy (non-hydrogen) atoms. The molecule has 2 N–H and O–H groups in total. The predicted molar refractivity (Wildman–Crippen MR) is 154 cm³/mol. The van der Waals surface area contributed by atoms with Crippen LogP contribution in [0.5, 0.6) is 11.5 Å². The molecule has 2 saturated heterocycles. The fourth-order valence-electron chi connectivity index (χ4n) is 5.66. The average molecular weight is 604 g/mol. The zero-order valence-electron chi connectivity index (χ0n) is 23.5. The molecule has 13 heteroatoms. The molecule has 1 atom stereocenters. The van der Waals surface area contributed by atoms with Crippen molar-refractivity contribution in [3.63, 3.8) is 0 Å². The van der Waals surface area contributed by atoms with Crippen LogP contribution < -0.4 is 10.5 Å². The number of anilines is 1. The highest BCUT2D eigenvalue weighted by Crippen LogP contribution is 2.37. The van der Waals surface area contributed by atoms with Crippen molar-refractivity contribution in [2.45, 2.75) is 31.7 Å². The number of carbonyl (C=O) groups excluding carboxylic acids is 1. The van der Waals surface area contributed by atoms with E-state index in [0.717, 1.165) is 25.0 Å². The van der Waals surface area contributed by atoms with Crippen LogP contribution in [0, 0.1) is 34.7 Å². The van der Waals surface area contributed by atoms with E-state index in [2.05, 4.69) is 16.0 Å². The standard InChI is InChI=1S/C31H28F3N7O3/c32-23-4-1-5-25(27(23)34)44-21-6-7-22(24(33)14-21)28-26-29(36)37-17-38-30(26)41(39-28)20-3-2-10-40(16-20)31(42)19(15-35)13-18-8-11-43-12-9-18/h1,4-7,13-14,17-18,20H,2-3,8-12,16H2,(H2,36,37,38)/b19-13+/t20-/m1/s1. The molecule has 0 saturated carbocycles. The third-order valence-corrected chi connectivity index (χ3v) is 7.91. The zero-order valence-corrected chi connectivity index (χ0v) is 23.5. The normalized spacial score (nSPS) is 17.9. The van der Waals surface area contributed by atoms with Crippen molar-refractivity contribution in [2.24, 2.45) is 5.92 Å². The van der Waals surface area contributed by atoms with Gasteiger partial charge < -0.3 is 20.1 Å². The summed E-state index contributed by atoms with van der Waals surface area (Å²) in [6, 6.07) is 9.06. The van der Waals surface area contributed by atoms with E-state index in [1.165, 1.54) is 30.6 Å². The number of nitriles is 1. The van der Waals surface area contributed by atoms with Crippen molar-refractivity contribution < 1.29 is 27.4 Å². The molecule has 0 unspecified atom stereocenters. The Morgan fingerprint density at radius 1 is 1.11 bits per heavy atom. The highest BCUT2D eigenvalue weighted by atomic mass is 19.2. The fraction of sp³-hybridized carbons (Fsp3) is 0.323. The molecule has 4 heterocycles. The van der Waals surface area contributed by atoms with Gasteiger partial charge in [-0.05, 0) is 55.9 Å². The number of amides is 1. The van der Waals surface area contributed by atoms with E-state index in [-0.39, 0.29) is 58.6 Å². The number of allylic oxidation sites excluding steroid dienone is 1. The van der Waals surface area contributed by atoms with E-state index in [1.807, 2.05) is 0 Å². The molecule has 1 amide bonds. The third kappa shape index (κ3) is 5.68. The van der Waals surface area contributed by atoms with Gasteiger partial charge in [-0.25, -0.2) is 23.4 Å². The molecule has 10 nitrogen and oxygen atoms in total. The van der Waals surface area contributed by atoms with Crippen molar-refractivity contribution in [1.82, 2.24) is 24.6 Å². The Bertz CT molecular complexity index is 1800. The molecular formula is C31H28F3N7O3. The predicted octanol–water partition coefficient (Wildman–Crippen LogP) is 5.33. The summed E-state index contributed by atoms with van der Waals surface area (Å²) in [6.07, 6.45) is 5.87. The molecule has 2 aliphatic heterocycles. The van der Waals surface area contributed by atoms with Gasteiger partial charge in [0, 0.05) is 37.9 Å². The van der Waals surface area contributed by atoms with Gasteiger partial charge in [0.1, 0.15) is 41.0 Å². The van der Waals surface area contributed by atoms with Crippen molar-refractivity contribution in [3.05, 3.63) is 71.8 Å². The van der Waals surface area contributed by atoms with Gasteiger partial charge in [-0.1, -0.05) is 12.1 Å². The molecule has 2 aromatic carbocycles. The van der Waals surface area contributed by atoms with Crippen LogP contribution in [0.3, 0.4) is 0 Å². The Morgan fingerprint density at radius 2 is 1.93 bits per heavy atom. The van der Waals surface area contributed by atoms with Crippen LogP contribution in [-0.2, 0) is 9.53 Å². The molecule has 226 valence electrons. The molecule has 6 rings (SSSR count). The lowest BCUT2D eigenvalue weighted by molar-refractivity contribution is -0.128. The SMILES string of the molecule is N#C/C(=C\C1CCOCC1)C(=O)N1CCC[C@@H](n2nc(-c3ccc(Oc4cccc(F)c4F)cc3F)c3c(N)ncnc32)C1. The number of likely N-dealkylation sites (tertiary alicyclic amines) is 1. The van der Waals surface area contributed by atoms with E-state index in [4.69, 9.17) is 20.3 Å². The Hall–Kier alpha value is -4.96. The lowest BCUT2D eigenvalue weighted by Gasteiger charge is -2.33. The van der Waals surface area contributed by atoms with Crippen LogP contribution in [0.25, 0.3) is 22.3 Å². The van der Waals surface area contributed by atoms with Crippen LogP contribution in [0.15, 0.2) is 54.4 Å². The highest BCUT2D eigenvalue weighted by Gasteiger charge is 2.31. The zero-order chi connectivity index (χ0) is 30.8. The number of nitrogens with two attached hydrogens (primary N) is 1. The summed E-state index contributed by atoms with van der Waals surface area (Å²) in [4.78, 5) is 23.5. The molecule has 0 bridgehead atoms. The number of aromatic nitrogens is 4. The Balaban J connectivity index is 1.30. The smallest absolute Gasteiger partial charge is 0.264 e. The number of nitrogens with zero attached hydrogens (tertiary/aromatic N) is 6. The maximum absolute atomic E-state index is 15.5. The second-order valence-electron chi connectivity index (χ2n) is 10.7. The lowest BCUT2D eigenvalue weighted by atomic mass is 9.96. The third-order valence-electron chi connectivity index (χ3n) is 7.91. The first-order valence-electron chi connectivity index (χ1n) is 14.2. The molecule has 2 aromatic heterocycles. The first-order valence-corrected chi connectivity index (χ1v) is 14.2. The molecule has 4 aromatic rings. The maximum Gasteiger partial charge on any atom is 0.264 e. The van der Waals surface area contributed by atoms with Crippen molar-refractivity contribution in [1.29, 1.82) is 5.26 Å².